The van der Waals surface area contributed by atoms with Gasteiger partial charge in [0.05, 0.1) is 24.8 Å². The maximum atomic E-state index is 11.6. The first-order chi connectivity index (χ1) is 9.70. The van der Waals surface area contributed by atoms with Crippen LogP contribution in [0.4, 0.5) is 0 Å². The molecule has 0 saturated carbocycles. The van der Waals surface area contributed by atoms with E-state index >= 15 is 0 Å². The Balaban J connectivity index is 3.10. The summed E-state index contributed by atoms with van der Waals surface area (Å²) in [6, 6.07) is -2.54. The Morgan fingerprint density at radius 3 is 2.33 bits per heavy atom. The maximum absolute atomic E-state index is 11.6. The highest BCUT2D eigenvalue weighted by molar-refractivity contribution is 6.31. The molecule has 21 heavy (non-hydrogen) atoms. The van der Waals surface area contributed by atoms with Crippen LogP contribution in [0.25, 0.3) is 0 Å². The fourth-order valence-corrected chi connectivity index (χ4v) is 2.35. The fourth-order valence-electron chi connectivity index (χ4n) is 2.35. The van der Waals surface area contributed by atoms with E-state index in [9.17, 15) is 29.7 Å². The summed E-state index contributed by atoms with van der Waals surface area (Å²) in [7, 11) is 0. The molecule has 2 amide bonds. The summed E-state index contributed by atoms with van der Waals surface area (Å²) in [6.45, 7) is -0.133. The molecular weight excluding hydrogens is 288 g/mol. The third-order valence-corrected chi connectivity index (χ3v) is 3.27. The lowest BCUT2D eigenvalue weighted by atomic mass is 9.97. The second kappa shape index (κ2) is 6.80. The zero-order valence-electron chi connectivity index (χ0n) is 11.2. The third kappa shape index (κ3) is 3.67. The zero-order chi connectivity index (χ0) is 16.3. The van der Waals surface area contributed by atoms with Crippen LogP contribution < -0.4 is 5.32 Å². The van der Waals surface area contributed by atoms with E-state index in [0.29, 0.717) is 4.90 Å². The van der Waals surface area contributed by atoms with E-state index in [4.69, 9.17) is 10.2 Å². The monoisotopic (exact) mass is 306 g/mol. The number of hydrogen-bond acceptors (Lipinski definition) is 7. The van der Waals surface area contributed by atoms with Gasteiger partial charge in [0.15, 0.2) is 0 Å². The summed E-state index contributed by atoms with van der Waals surface area (Å²) in [6.07, 6.45) is -4.73. The number of carboxylic acids is 1. The van der Waals surface area contributed by atoms with Crippen LogP contribution in [0.3, 0.4) is 0 Å². The maximum Gasteiger partial charge on any atom is 0.394 e. The number of β-amino-alcohol motifs (C(OH)–C–C–N with tert-alkyl or cyclic N) is 1. The lowest BCUT2D eigenvalue weighted by Gasteiger charge is -2.33. The molecule has 10 nitrogen and oxygen atoms in total. The second-order valence-corrected chi connectivity index (χ2v) is 4.79. The summed E-state index contributed by atoms with van der Waals surface area (Å²) in [4.78, 5) is 34.1. The van der Waals surface area contributed by atoms with Crippen molar-refractivity contribution in [2.75, 3.05) is 13.2 Å². The van der Waals surface area contributed by atoms with Crippen molar-refractivity contribution in [1.29, 1.82) is 0 Å². The molecule has 5 atom stereocenters. The number of carbonyl (C=O) groups excluding carboxylic acids is 2. The van der Waals surface area contributed by atoms with Gasteiger partial charge in [0.1, 0.15) is 12.2 Å². The van der Waals surface area contributed by atoms with Crippen molar-refractivity contribution in [1.82, 2.24) is 10.2 Å². The van der Waals surface area contributed by atoms with Gasteiger partial charge in [-0.15, -0.1) is 0 Å². The van der Waals surface area contributed by atoms with Gasteiger partial charge in [0.25, 0.3) is 0 Å². The van der Waals surface area contributed by atoms with Gasteiger partial charge in [-0.2, -0.15) is 0 Å². The lowest BCUT2D eigenvalue weighted by molar-refractivity contribution is -0.159. The summed E-state index contributed by atoms with van der Waals surface area (Å²) < 4.78 is 0. The van der Waals surface area contributed by atoms with Crippen molar-refractivity contribution in [2.24, 2.45) is 0 Å². The Kier molecular flexibility index (Phi) is 5.61. The average Bonchev–Trinajstić information content (AvgIpc) is 2.72. The van der Waals surface area contributed by atoms with Crippen LogP contribution in [0, 0.1) is 0 Å². The van der Waals surface area contributed by atoms with Crippen molar-refractivity contribution in [2.45, 2.75) is 37.3 Å². The molecular formula is C11H18N2O8. The molecule has 0 aromatic carbocycles. The third-order valence-electron chi connectivity index (χ3n) is 3.27. The molecule has 0 aromatic rings. The van der Waals surface area contributed by atoms with Crippen LogP contribution in [0.2, 0.25) is 0 Å². The van der Waals surface area contributed by atoms with Crippen LogP contribution in [0.5, 0.6) is 0 Å². The van der Waals surface area contributed by atoms with E-state index in [1.165, 1.54) is 0 Å². The first-order valence-electron chi connectivity index (χ1n) is 6.16. The standard InChI is InChI=1S/C11H18N2O8/c1-4(15)12-7-5(16)2-13(10(19)11(20)21)8(7)9(18)6(17)3-14/h5-9,14,16-18H,2-3H2,1H3,(H,12,15)(H,20,21)/t5-,6+,7+,8+,9+/m0/s1. The normalized spacial score (nSPS) is 28.0. The molecule has 1 saturated heterocycles. The minimum absolute atomic E-state index is 0.435. The molecule has 1 heterocycles. The molecule has 0 aromatic heterocycles. The molecule has 0 aliphatic carbocycles. The predicted molar refractivity (Wildman–Crippen MR) is 65.8 cm³/mol. The molecule has 120 valence electrons. The molecule has 1 aliphatic rings. The average molecular weight is 306 g/mol. The van der Waals surface area contributed by atoms with E-state index in [-0.39, 0.29) is 0 Å². The van der Waals surface area contributed by atoms with Crippen LogP contribution in [0.1, 0.15) is 6.92 Å². The predicted octanol–water partition coefficient (Wildman–Crippen LogP) is -4.14. The van der Waals surface area contributed by atoms with Crippen molar-refractivity contribution < 1.29 is 39.9 Å². The Morgan fingerprint density at radius 1 is 1.33 bits per heavy atom. The van der Waals surface area contributed by atoms with Crippen molar-refractivity contribution in [3.63, 3.8) is 0 Å². The van der Waals surface area contributed by atoms with Crippen molar-refractivity contribution in [3.05, 3.63) is 0 Å². The topological polar surface area (TPSA) is 168 Å². The van der Waals surface area contributed by atoms with Gasteiger partial charge in [-0.3, -0.25) is 9.59 Å². The number of aliphatic carboxylic acids is 1. The molecule has 1 fully saturated rings. The second-order valence-electron chi connectivity index (χ2n) is 4.79. The van der Waals surface area contributed by atoms with E-state index in [1.807, 2.05) is 0 Å². The Labute approximate surface area is 119 Å². The molecule has 1 aliphatic heterocycles. The number of aliphatic hydroxyl groups is 4. The van der Waals surface area contributed by atoms with Gasteiger partial charge in [-0.25, -0.2) is 4.79 Å². The number of carbonyl (C=O) groups is 3. The van der Waals surface area contributed by atoms with Crippen LogP contribution in [-0.2, 0) is 14.4 Å². The van der Waals surface area contributed by atoms with E-state index < -0.39 is 61.3 Å². The van der Waals surface area contributed by atoms with Gasteiger partial charge in [-0.1, -0.05) is 0 Å². The van der Waals surface area contributed by atoms with Gasteiger partial charge in [0.2, 0.25) is 5.91 Å². The SMILES string of the molecule is CC(=O)N[C@H]1[C@H]([C@H](O)[C@H](O)CO)N(C(=O)C(=O)O)C[C@@H]1O. The quantitative estimate of drug-likeness (QED) is 0.285. The highest BCUT2D eigenvalue weighted by Crippen LogP contribution is 2.23. The Morgan fingerprint density at radius 2 is 1.90 bits per heavy atom. The fraction of sp³-hybridized carbons (Fsp3) is 0.727. The van der Waals surface area contributed by atoms with E-state index in [2.05, 4.69) is 5.32 Å². The first-order valence-corrected chi connectivity index (χ1v) is 6.16. The van der Waals surface area contributed by atoms with E-state index in [1.54, 1.807) is 0 Å². The van der Waals surface area contributed by atoms with Crippen LogP contribution in [-0.4, -0.2) is 91.8 Å². The minimum Gasteiger partial charge on any atom is -0.474 e. The molecule has 0 bridgehead atoms. The highest BCUT2D eigenvalue weighted by atomic mass is 16.4. The summed E-state index contributed by atoms with van der Waals surface area (Å²) in [5, 5.41) is 49.2. The number of aliphatic hydroxyl groups excluding tert-OH is 4. The molecule has 0 radical (unpaired) electrons. The molecule has 6 N–H and O–H groups in total. The first kappa shape index (κ1) is 17.3. The van der Waals surface area contributed by atoms with E-state index in [0.717, 1.165) is 6.92 Å². The van der Waals surface area contributed by atoms with Crippen LogP contribution >= 0.6 is 0 Å². The number of rotatable bonds is 4. The highest BCUT2D eigenvalue weighted by Gasteiger charge is 2.50. The zero-order valence-corrected chi connectivity index (χ0v) is 11.2. The smallest absolute Gasteiger partial charge is 0.394 e. The van der Waals surface area contributed by atoms with Gasteiger partial charge in [-0.05, 0) is 0 Å². The van der Waals surface area contributed by atoms with Crippen LogP contribution in [0.15, 0.2) is 0 Å². The molecule has 1 rings (SSSR count). The van der Waals surface area contributed by atoms with Gasteiger partial charge in [0, 0.05) is 13.5 Å². The number of nitrogens with zero attached hydrogens (tertiary/aromatic N) is 1. The molecule has 0 unspecified atom stereocenters. The number of amides is 2. The summed E-state index contributed by atoms with van der Waals surface area (Å²) in [5.74, 6) is -3.77. The minimum atomic E-state index is -1.80. The van der Waals surface area contributed by atoms with Crippen molar-refractivity contribution in [3.8, 4) is 0 Å². The number of hydrogen-bond donors (Lipinski definition) is 6. The van der Waals surface area contributed by atoms with Gasteiger partial charge >= 0.3 is 11.9 Å². The number of likely N-dealkylation sites (tertiary alicyclic amines) is 1. The molecule has 10 heteroatoms. The Bertz CT molecular complexity index is 428. The summed E-state index contributed by atoms with van der Waals surface area (Å²) >= 11 is 0. The molecule has 0 spiro atoms. The largest absolute Gasteiger partial charge is 0.474 e. The van der Waals surface area contributed by atoms with Crippen molar-refractivity contribution >= 4 is 17.8 Å². The number of carboxylic acid groups (broad SMARTS) is 1. The number of nitrogens with one attached hydrogen (secondary N) is 1. The lowest BCUT2D eigenvalue weighted by Crippen LogP contribution is -2.58. The summed E-state index contributed by atoms with van der Waals surface area (Å²) in [5.41, 5.74) is 0. The van der Waals surface area contributed by atoms with Gasteiger partial charge < -0.3 is 35.7 Å². The Hall–Kier alpha value is -1.75.